The van der Waals surface area contributed by atoms with Crippen LogP contribution in [0.4, 0.5) is 0 Å². The molecule has 0 aliphatic carbocycles. The Bertz CT molecular complexity index is 958. The number of halogens is 1. The highest BCUT2D eigenvalue weighted by Gasteiger charge is 2.29. The van der Waals surface area contributed by atoms with Crippen LogP contribution in [0.1, 0.15) is 44.0 Å². The van der Waals surface area contributed by atoms with Gasteiger partial charge in [0, 0.05) is 26.2 Å². The van der Waals surface area contributed by atoms with Gasteiger partial charge in [-0.2, -0.15) is 0 Å². The SMILES string of the molecule is CCOC(=O)C1CCN(C(=O)CN(C)C(=O)c2cc(S(=O)(=O)NC(C)C)ccc2Cl)CC1. The lowest BCUT2D eigenvalue weighted by Gasteiger charge is -2.32. The predicted molar refractivity (Wildman–Crippen MR) is 120 cm³/mol. The molecule has 0 unspecified atom stereocenters. The third-order valence-electron chi connectivity index (χ3n) is 5.06. The number of rotatable bonds is 8. The highest BCUT2D eigenvalue weighted by atomic mass is 35.5. The smallest absolute Gasteiger partial charge is 0.309 e. The summed E-state index contributed by atoms with van der Waals surface area (Å²) in [5.41, 5.74) is -0.00498. The first-order valence-corrected chi connectivity index (χ1v) is 12.3. The average molecular weight is 488 g/mol. The molecular weight excluding hydrogens is 458 g/mol. The highest BCUT2D eigenvalue weighted by Crippen LogP contribution is 2.23. The van der Waals surface area contributed by atoms with E-state index >= 15 is 0 Å². The molecule has 9 nitrogen and oxygen atoms in total. The van der Waals surface area contributed by atoms with Crippen LogP contribution < -0.4 is 4.72 Å². The van der Waals surface area contributed by atoms with Crippen LogP contribution in [0.5, 0.6) is 0 Å². The molecule has 1 N–H and O–H groups in total. The number of piperidine rings is 1. The summed E-state index contributed by atoms with van der Waals surface area (Å²) in [5.74, 6) is -1.29. The number of carbonyl (C=O) groups is 3. The maximum atomic E-state index is 12.9. The molecule has 0 atom stereocenters. The molecule has 0 radical (unpaired) electrons. The molecule has 11 heteroatoms. The number of hydrogen-bond donors (Lipinski definition) is 1. The quantitative estimate of drug-likeness (QED) is 0.560. The second-order valence-electron chi connectivity index (χ2n) is 7.99. The van der Waals surface area contributed by atoms with Crippen LogP contribution in [0.2, 0.25) is 5.02 Å². The first-order valence-electron chi connectivity index (χ1n) is 10.5. The van der Waals surface area contributed by atoms with E-state index in [1.165, 1.54) is 30.1 Å². The molecule has 1 aromatic carbocycles. The fourth-order valence-corrected chi connectivity index (χ4v) is 4.89. The van der Waals surface area contributed by atoms with Gasteiger partial charge >= 0.3 is 5.97 Å². The minimum absolute atomic E-state index is 0.00498. The van der Waals surface area contributed by atoms with Crippen molar-refractivity contribution >= 4 is 39.4 Å². The monoisotopic (exact) mass is 487 g/mol. The summed E-state index contributed by atoms with van der Waals surface area (Å²) >= 11 is 6.15. The number of sulfonamides is 1. The van der Waals surface area contributed by atoms with Crippen molar-refractivity contribution in [2.75, 3.05) is 33.3 Å². The van der Waals surface area contributed by atoms with Gasteiger partial charge in [-0.1, -0.05) is 11.6 Å². The maximum Gasteiger partial charge on any atom is 0.309 e. The third-order valence-corrected chi connectivity index (χ3v) is 7.04. The van der Waals surface area contributed by atoms with Gasteiger partial charge in [0.1, 0.15) is 0 Å². The van der Waals surface area contributed by atoms with E-state index in [-0.39, 0.29) is 45.9 Å². The van der Waals surface area contributed by atoms with Crippen LogP contribution in [0.25, 0.3) is 0 Å². The van der Waals surface area contributed by atoms with Crippen molar-refractivity contribution in [1.29, 1.82) is 0 Å². The van der Waals surface area contributed by atoms with Gasteiger partial charge in [0.15, 0.2) is 0 Å². The zero-order chi connectivity index (χ0) is 24.1. The molecule has 2 amide bonds. The lowest BCUT2D eigenvalue weighted by atomic mass is 9.97. The lowest BCUT2D eigenvalue weighted by Crippen LogP contribution is -2.45. The van der Waals surface area contributed by atoms with E-state index in [9.17, 15) is 22.8 Å². The molecule has 1 heterocycles. The van der Waals surface area contributed by atoms with Crippen molar-refractivity contribution in [3.8, 4) is 0 Å². The first kappa shape index (κ1) is 26.1. The fraction of sp³-hybridized carbons (Fsp3) is 0.571. The van der Waals surface area contributed by atoms with Crippen LogP contribution in [-0.4, -0.2) is 75.3 Å². The summed E-state index contributed by atoms with van der Waals surface area (Å²) in [5, 5.41) is 0.0908. The number of nitrogens with one attached hydrogen (secondary N) is 1. The van der Waals surface area contributed by atoms with Gasteiger partial charge in [-0.15, -0.1) is 0 Å². The number of nitrogens with zero attached hydrogens (tertiary/aromatic N) is 2. The van der Waals surface area contributed by atoms with Crippen molar-refractivity contribution in [3.05, 3.63) is 28.8 Å². The Morgan fingerprint density at radius 2 is 1.88 bits per heavy atom. The van der Waals surface area contributed by atoms with E-state index in [0.717, 1.165) is 0 Å². The molecule has 1 aliphatic heterocycles. The van der Waals surface area contributed by atoms with Gasteiger partial charge < -0.3 is 14.5 Å². The molecule has 1 saturated heterocycles. The second kappa shape index (κ2) is 11.1. The summed E-state index contributed by atoms with van der Waals surface area (Å²) in [6, 6.07) is 3.56. The molecule has 0 spiro atoms. The largest absolute Gasteiger partial charge is 0.466 e. The van der Waals surface area contributed by atoms with Crippen LogP contribution >= 0.6 is 11.6 Å². The first-order chi connectivity index (χ1) is 15.0. The van der Waals surface area contributed by atoms with Crippen molar-refractivity contribution in [1.82, 2.24) is 14.5 Å². The zero-order valence-corrected chi connectivity index (χ0v) is 20.3. The standard InChI is InChI=1S/C21H30ClN3O6S/c1-5-31-21(28)15-8-10-25(11-9-15)19(26)13-24(4)20(27)17-12-16(6-7-18(17)22)32(29,30)23-14(2)3/h6-7,12,14-15,23H,5,8-11,13H2,1-4H3. The van der Waals surface area contributed by atoms with Crippen molar-refractivity contribution in [2.24, 2.45) is 5.92 Å². The number of ether oxygens (including phenoxy) is 1. The average Bonchev–Trinajstić information content (AvgIpc) is 2.72. The second-order valence-corrected chi connectivity index (χ2v) is 10.1. The van der Waals surface area contributed by atoms with E-state index in [1.807, 2.05) is 0 Å². The normalized spacial score (nSPS) is 15.0. The van der Waals surface area contributed by atoms with Gasteiger partial charge in [-0.05, 0) is 51.8 Å². The Kier molecular flexibility index (Phi) is 9.06. The number of carbonyl (C=O) groups excluding carboxylic acids is 3. The molecule has 1 aromatic rings. The summed E-state index contributed by atoms with van der Waals surface area (Å²) in [6.07, 6.45) is 1.02. The Hall–Kier alpha value is -2.17. The van der Waals surface area contributed by atoms with Crippen molar-refractivity contribution < 1.29 is 27.5 Å². The number of likely N-dealkylation sites (N-methyl/N-ethyl adjacent to an activating group) is 1. The summed E-state index contributed by atoms with van der Waals surface area (Å²) < 4.78 is 32.3. The van der Waals surface area contributed by atoms with Crippen LogP contribution in [-0.2, 0) is 24.3 Å². The maximum absolute atomic E-state index is 12.9. The van der Waals surface area contributed by atoms with Gasteiger partial charge in [0.05, 0.1) is 34.6 Å². The van der Waals surface area contributed by atoms with Crippen LogP contribution in [0.15, 0.2) is 23.1 Å². The van der Waals surface area contributed by atoms with E-state index in [4.69, 9.17) is 16.3 Å². The Morgan fingerprint density at radius 3 is 2.44 bits per heavy atom. The van der Waals surface area contributed by atoms with E-state index < -0.39 is 15.9 Å². The number of benzene rings is 1. The van der Waals surface area contributed by atoms with Crippen molar-refractivity contribution in [2.45, 2.75) is 44.6 Å². The molecule has 178 valence electrons. The van der Waals surface area contributed by atoms with Gasteiger partial charge in [-0.3, -0.25) is 14.4 Å². The fourth-order valence-electron chi connectivity index (χ4n) is 3.42. The Morgan fingerprint density at radius 1 is 1.25 bits per heavy atom. The topological polar surface area (TPSA) is 113 Å². The van der Waals surface area contributed by atoms with Crippen LogP contribution in [0.3, 0.4) is 0 Å². The molecule has 0 saturated carbocycles. The molecule has 0 aromatic heterocycles. The van der Waals surface area contributed by atoms with Crippen LogP contribution in [0, 0.1) is 5.92 Å². The molecule has 32 heavy (non-hydrogen) atoms. The number of hydrogen-bond acceptors (Lipinski definition) is 6. The number of esters is 1. The Labute approximate surface area is 194 Å². The van der Waals surface area contributed by atoms with Gasteiger partial charge in [0.2, 0.25) is 15.9 Å². The minimum Gasteiger partial charge on any atom is -0.466 e. The highest BCUT2D eigenvalue weighted by molar-refractivity contribution is 7.89. The van der Waals surface area contributed by atoms with E-state index in [2.05, 4.69) is 4.72 Å². The Balaban J connectivity index is 2.04. The molecular formula is C21H30ClN3O6S. The minimum atomic E-state index is -3.81. The molecule has 1 aliphatic rings. The van der Waals surface area contributed by atoms with Crippen molar-refractivity contribution in [3.63, 3.8) is 0 Å². The van der Waals surface area contributed by atoms with Gasteiger partial charge in [-0.25, -0.2) is 13.1 Å². The molecule has 2 rings (SSSR count). The van der Waals surface area contributed by atoms with E-state index in [1.54, 1.807) is 25.7 Å². The molecule has 1 fully saturated rings. The van der Waals surface area contributed by atoms with E-state index in [0.29, 0.717) is 32.5 Å². The zero-order valence-electron chi connectivity index (χ0n) is 18.8. The third kappa shape index (κ3) is 6.66. The number of amides is 2. The lowest BCUT2D eigenvalue weighted by molar-refractivity contribution is -0.151. The van der Waals surface area contributed by atoms with Gasteiger partial charge in [0.25, 0.3) is 5.91 Å². The number of likely N-dealkylation sites (tertiary alicyclic amines) is 1. The predicted octanol–water partition coefficient (Wildman–Crippen LogP) is 1.90. The summed E-state index contributed by atoms with van der Waals surface area (Å²) in [7, 11) is -2.35. The summed E-state index contributed by atoms with van der Waals surface area (Å²) in [4.78, 5) is 40.1. The summed E-state index contributed by atoms with van der Waals surface area (Å²) in [6.45, 7) is 6.06. The molecule has 0 bridgehead atoms.